The predicted octanol–water partition coefficient (Wildman–Crippen LogP) is 5.24. The largest absolute Gasteiger partial charge is 0.476 e. The van der Waals surface area contributed by atoms with E-state index in [1.54, 1.807) is 38.1 Å². The fourth-order valence-corrected chi connectivity index (χ4v) is 3.32. The van der Waals surface area contributed by atoms with Gasteiger partial charge in [0.2, 0.25) is 0 Å². The molecule has 2 aromatic carbocycles. The Morgan fingerprint density at radius 3 is 2.24 bits per heavy atom. The molecule has 2 aromatic rings. The van der Waals surface area contributed by atoms with Crippen LogP contribution < -0.4 is 4.74 Å². The lowest BCUT2D eigenvalue weighted by atomic mass is 10.1. The van der Waals surface area contributed by atoms with Crippen LogP contribution in [0.15, 0.2) is 54.6 Å². The van der Waals surface area contributed by atoms with Crippen molar-refractivity contribution in [3.8, 4) is 17.6 Å². The summed E-state index contributed by atoms with van der Waals surface area (Å²) in [4.78, 5) is 0. The molecule has 0 aromatic heterocycles. The van der Waals surface area contributed by atoms with Crippen LogP contribution in [0.25, 0.3) is 0 Å². The van der Waals surface area contributed by atoms with Crippen LogP contribution in [0.2, 0.25) is 0 Å². The lowest BCUT2D eigenvalue weighted by molar-refractivity contribution is 0.103. The van der Waals surface area contributed by atoms with Crippen molar-refractivity contribution >= 4 is 7.82 Å². The van der Waals surface area contributed by atoms with Gasteiger partial charge in [0, 0.05) is 0 Å². The van der Waals surface area contributed by atoms with E-state index in [1.165, 1.54) is 0 Å². The lowest BCUT2D eigenvalue weighted by Crippen LogP contribution is -2.05. The minimum absolute atomic E-state index is 0.145. The molecule has 132 valence electrons. The summed E-state index contributed by atoms with van der Waals surface area (Å²) in [6, 6.07) is 18.1. The van der Waals surface area contributed by atoms with Crippen LogP contribution >= 0.6 is 7.82 Å². The van der Waals surface area contributed by atoms with E-state index in [-0.39, 0.29) is 13.2 Å². The summed E-state index contributed by atoms with van der Waals surface area (Å²) in [5, 5.41) is 9.41. The predicted molar refractivity (Wildman–Crippen MR) is 93.3 cm³/mol. The second kappa shape index (κ2) is 9.36. The SMILES string of the molecule is CCOP(=O)(OCC)OC(C#N)c1cccc(Oc2ccccc2)c1. The molecule has 0 fully saturated rings. The van der Waals surface area contributed by atoms with Gasteiger partial charge in [0.1, 0.15) is 11.5 Å². The minimum Gasteiger partial charge on any atom is -0.457 e. The van der Waals surface area contributed by atoms with E-state index in [9.17, 15) is 9.83 Å². The van der Waals surface area contributed by atoms with Crippen LogP contribution in [0.1, 0.15) is 25.5 Å². The van der Waals surface area contributed by atoms with Crippen LogP contribution in [-0.4, -0.2) is 13.2 Å². The van der Waals surface area contributed by atoms with Gasteiger partial charge in [-0.25, -0.2) is 4.57 Å². The molecule has 0 spiro atoms. The molecule has 7 heteroatoms. The Morgan fingerprint density at radius 1 is 1.00 bits per heavy atom. The monoisotopic (exact) mass is 361 g/mol. The fraction of sp³-hybridized carbons (Fsp3) is 0.278. The first-order valence-corrected chi connectivity index (χ1v) is 9.36. The van der Waals surface area contributed by atoms with Gasteiger partial charge in [-0.2, -0.15) is 5.26 Å². The van der Waals surface area contributed by atoms with Crippen molar-refractivity contribution in [1.29, 1.82) is 5.26 Å². The third-order valence-corrected chi connectivity index (χ3v) is 4.68. The molecule has 1 atom stereocenters. The van der Waals surface area contributed by atoms with Crippen molar-refractivity contribution in [2.75, 3.05) is 13.2 Å². The standard InChI is InChI=1S/C18H20NO5P/c1-3-21-25(20,22-4-2)24-18(14-19)15-9-8-12-17(13-15)23-16-10-6-5-7-11-16/h5-13,18H,3-4H2,1-2H3. The molecular formula is C18H20NO5P. The molecule has 6 nitrogen and oxygen atoms in total. The molecule has 0 saturated heterocycles. The van der Waals surface area contributed by atoms with E-state index < -0.39 is 13.9 Å². The van der Waals surface area contributed by atoms with E-state index in [0.29, 0.717) is 17.1 Å². The van der Waals surface area contributed by atoms with Gasteiger partial charge in [-0.3, -0.25) is 13.6 Å². The number of hydrogen-bond donors (Lipinski definition) is 0. The summed E-state index contributed by atoms with van der Waals surface area (Å²) in [7, 11) is -3.80. The smallest absolute Gasteiger partial charge is 0.457 e. The average Bonchev–Trinajstić information content (AvgIpc) is 2.61. The van der Waals surface area contributed by atoms with Crippen molar-refractivity contribution < 1.29 is 22.9 Å². The fourth-order valence-electron chi connectivity index (χ4n) is 2.07. The average molecular weight is 361 g/mol. The maximum absolute atomic E-state index is 12.5. The van der Waals surface area contributed by atoms with Crippen LogP contribution in [0, 0.1) is 11.3 Å². The third-order valence-electron chi connectivity index (χ3n) is 3.07. The molecule has 25 heavy (non-hydrogen) atoms. The summed E-state index contributed by atoms with van der Waals surface area (Å²) in [5.74, 6) is 1.21. The zero-order valence-electron chi connectivity index (χ0n) is 14.1. The van der Waals surface area contributed by atoms with Gasteiger partial charge in [0.25, 0.3) is 0 Å². The molecule has 0 aliphatic heterocycles. The van der Waals surface area contributed by atoms with Crippen molar-refractivity contribution in [1.82, 2.24) is 0 Å². The molecule has 0 saturated carbocycles. The molecule has 0 heterocycles. The van der Waals surface area contributed by atoms with Crippen molar-refractivity contribution in [2.24, 2.45) is 0 Å². The van der Waals surface area contributed by atoms with Gasteiger partial charge in [-0.15, -0.1) is 0 Å². The summed E-state index contributed by atoms with van der Waals surface area (Å²) in [6.07, 6.45) is -1.11. The maximum atomic E-state index is 12.5. The first-order valence-electron chi connectivity index (χ1n) is 7.90. The van der Waals surface area contributed by atoms with Gasteiger partial charge in [0.05, 0.1) is 19.3 Å². The zero-order chi connectivity index (χ0) is 18.1. The molecule has 0 N–H and O–H groups in total. The Hall–Kier alpha value is -2.16. The van der Waals surface area contributed by atoms with Crippen LogP contribution in [0.3, 0.4) is 0 Å². The van der Waals surface area contributed by atoms with Gasteiger partial charge >= 0.3 is 7.82 Å². The highest BCUT2D eigenvalue weighted by molar-refractivity contribution is 7.48. The van der Waals surface area contributed by atoms with Gasteiger partial charge in [-0.1, -0.05) is 30.3 Å². The number of nitrogens with zero attached hydrogens (tertiary/aromatic N) is 1. The minimum atomic E-state index is -3.80. The van der Waals surface area contributed by atoms with Crippen molar-refractivity contribution in [3.63, 3.8) is 0 Å². The number of phosphoric ester groups is 1. The number of hydrogen-bond acceptors (Lipinski definition) is 6. The van der Waals surface area contributed by atoms with Crippen molar-refractivity contribution in [3.05, 3.63) is 60.2 Å². The molecular weight excluding hydrogens is 341 g/mol. The highest BCUT2D eigenvalue weighted by atomic mass is 31.2. The zero-order valence-corrected chi connectivity index (χ0v) is 15.0. The van der Waals surface area contributed by atoms with Gasteiger partial charge in [0.15, 0.2) is 6.10 Å². The number of phosphoric acid groups is 1. The van der Waals surface area contributed by atoms with E-state index in [0.717, 1.165) is 0 Å². The molecule has 2 rings (SSSR count). The van der Waals surface area contributed by atoms with Gasteiger partial charge in [-0.05, 0) is 43.7 Å². The Labute approximate surface area is 147 Å². The lowest BCUT2D eigenvalue weighted by Gasteiger charge is -2.19. The number of nitriles is 1. The van der Waals surface area contributed by atoms with E-state index in [1.807, 2.05) is 36.4 Å². The van der Waals surface area contributed by atoms with Crippen molar-refractivity contribution in [2.45, 2.75) is 20.0 Å². The summed E-state index contributed by atoms with van der Waals surface area (Å²) in [6.45, 7) is 3.63. The third kappa shape index (κ3) is 5.70. The topological polar surface area (TPSA) is 77.8 Å². The van der Waals surface area contributed by atoms with Crippen LogP contribution in [-0.2, 0) is 18.1 Å². The molecule has 1 unspecified atom stereocenters. The van der Waals surface area contributed by atoms with E-state index in [2.05, 4.69) is 0 Å². The Morgan fingerprint density at radius 2 is 1.64 bits per heavy atom. The van der Waals surface area contributed by atoms with Crippen LogP contribution in [0.5, 0.6) is 11.5 Å². The second-order valence-electron chi connectivity index (χ2n) is 4.88. The Kier molecular flexibility index (Phi) is 7.17. The Bertz CT molecular complexity index is 750. The highest BCUT2D eigenvalue weighted by Gasteiger charge is 2.31. The molecule has 0 bridgehead atoms. The number of ether oxygens (including phenoxy) is 1. The summed E-state index contributed by atoms with van der Waals surface area (Å²) >= 11 is 0. The first kappa shape index (κ1) is 19.2. The summed E-state index contributed by atoms with van der Waals surface area (Å²) < 4.78 is 33.7. The molecule has 0 amide bonds. The molecule has 0 radical (unpaired) electrons. The number of benzene rings is 2. The van der Waals surface area contributed by atoms with E-state index >= 15 is 0 Å². The molecule has 0 aliphatic carbocycles. The second-order valence-corrected chi connectivity index (χ2v) is 6.51. The number of para-hydroxylation sites is 1. The first-order chi connectivity index (χ1) is 12.1. The summed E-state index contributed by atoms with van der Waals surface area (Å²) in [5.41, 5.74) is 0.496. The Balaban J connectivity index is 2.19. The normalized spacial score (nSPS) is 12.4. The molecule has 0 aliphatic rings. The maximum Gasteiger partial charge on any atom is 0.476 e. The van der Waals surface area contributed by atoms with Gasteiger partial charge < -0.3 is 4.74 Å². The number of rotatable bonds is 9. The van der Waals surface area contributed by atoms with E-state index in [4.69, 9.17) is 18.3 Å². The highest BCUT2D eigenvalue weighted by Crippen LogP contribution is 2.53. The quantitative estimate of drug-likeness (QED) is 0.568. The van der Waals surface area contributed by atoms with Crippen LogP contribution in [0.4, 0.5) is 0 Å².